The zero-order chi connectivity index (χ0) is 23.5. The molecule has 8 nitrogen and oxygen atoms in total. The van der Waals surface area contributed by atoms with E-state index in [2.05, 4.69) is 27.6 Å². The number of methoxy groups -OCH3 is 1. The number of nitrogens with zero attached hydrogens (tertiary/aromatic N) is 2. The van der Waals surface area contributed by atoms with Crippen LogP contribution in [0.15, 0.2) is 42.5 Å². The van der Waals surface area contributed by atoms with E-state index in [1.807, 2.05) is 13.0 Å². The van der Waals surface area contributed by atoms with Crippen LogP contribution in [0.4, 0.5) is 5.13 Å². The molecule has 1 aliphatic rings. The number of fused-ring (bicyclic) bond motifs is 1. The van der Waals surface area contributed by atoms with Gasteiger partial charge in [0.1, 0.15) is 0 Å². The number of likely N-dealkylation sites (N-methyl/N-ethyl adjacent to an activating group) is 1. The van der Waals surface area contributed by atoms with Gasteiger partial charge in [-0.05, 0) is 49.9 Å². The summed E-state index contributed by atoms with van der Waals surface area (Å²) >= 11 is 1.51. The molecule has 0 saturated carbocycles. The van der Waals surface area contributed by atoms with Crippen molar-refractivity contribution in [2.45, 2.75) is 25.9 Å². The summed E-state index contributed by atoms with van der Waals surface area (Å²) in [5.41, 5.74) is 2.64. The summed E-state index contributed by atoms with van der Waals surface area (Å²) in [6.45, 7) is 3.65. The van der Waals surface area contributed by atoms with E-state index in [9.17, 15) is 14.7 Å². The van der Waals surface area contributed by atoms with Crippen molar-refractivity contribution in [3.8, 4) is 11.5 Å². The zero-order valence-electron chi connectivity index (χ0n) is 18.7. The molecule has 3 aromatic rings. The molecule has 1 aliphatic heterocycles. The SMILES string of the molecule is COc1ccc(C(=O)NC(C)c2cccc(C(=O)Nc3nc4c(s3)CN(C)CC4)c2)cc1O. The normalized spacial score (nSPS) is 14.3. The summed E-state index contributed by atoms with van der Waals surface area (Å²) in [5.74, 6) is -0.387. The van der Waals surface area contributed by atoms with Crippen LogP contribution in [0.25, 0.3) is 0 Å². The topological polar surface area (TPSA) is 104 Å². The minimum atomic E-state index is -0.350. The Bertz CT molecular complexity index is 1190. The van der Waals surface area contributed by atoms with Crippen LogP contribution < -0.4 is 15.4 Å². The maximum atomic E-state index is 12.8. The first-order chi connectivity index (χ1) is 15.8. The third-order valence-electron chi connectivity index (χ3n) is 5.58. The quantitative estimate of drug-likeness (QED) is 0.513. The number of anilines is 1. The van der Waals surface area contributed by atoms with Gasteiger partial charge in [0.2, 0.25) is 0 Å². The zero-order valence-corrected chi connectivity index (χ0v) is 19.5. The van der Waals surface area contributed by atoms with Crippen LogP contribution in [0.3, 0.4) is 0 Å². The highest BCUT2D eigenvalue weighted by Gasteiger charge is 2.20. The molecule has 0 spiro atoms. The van der Waals surface area contributed by atoms with Gasteiger partial charge in [-0.3, -0.25) is 14.9 Å². The molecule has 0 aliphatic carbocycles. The second kappa shape index (κ2) is 9.60. The molecule has 0 fully saturated rings. The number of carbonyl (C=O) groups is 2. The summed E-state index contributed by atoms with van der Waals surface area (Å²) in [4.78, 5) is 33.4. The minimum Gasteiger partial charge on any atom is -0.504 e. The summed E-state index contributed by atoms with van der Waals surface area (Å²) in [6.07, 6.45) is 0.886. The fraction of sp³-hybridized carbons (Fsp3) is 0.292. The Morgan fingerprint density at radius 2 is 1.97 bits per heavy atom. The van der Waals surface area contributed by atoms with Gasteiger partial charge in [0, 0.05) is 35.5 Å². The van der Waals surface area contributed by atoms with Crippen molar-refractivity contribution >= 4 is 28.3 Å². The van der Waals surface area contributed by atoms with Gasteiger partial charge < -0.3 is 20.1 Å². The number of hydrogen-bond acceptors (Lipinski definition) is 7. The summed E-state index contributed by atoms with van der Waals surface area (Å²) in [7, 11) is 3.52. The van der Waals surface area contributed by atoms with Crippen molar-refractivity contribution < 1.29 is 19.4 Å². The van der Waals surface area contributed by atoms with Crippen LogP contribution in [0.5, 0.6) is 11.5 Å². The third kappa shape index (κ3) is 5.15. The highest BCUT2D eigenvalue weighted by molar-refractivity contribution is 7.15. The first kappa shape index (κ1) is 22.8. The molecule has 0 saturated heterocycles. The number of benzene rings is 2. The summed E-state index contributed by atoms with van der Waals surface area (Å²) in [6, 6.07) is 11.3. The molecule has 172 valence electrons. The molecule has 2 amide bonds. The lowest BCUT2D eigenvalue weighted by Crippen LogP contribution is -2.26. The number of aromatic hydroxyl groups is 1. The minimum absolute atomic E-state index is 0.105. The third-order valence-corrected chi connectivity index (χ3v) is 6.58. The Labute approximate surface area is 196 Å². The van der Waals surface area contributed by atoms with Gasteiger partial charge in [0.25, 0.3) is 11.8 Å². The average Bonchev–Trinajstić information content (AvgIpc) is 3.20. The number of carbonyl (C=O) groups excluding carboxylic acids is 2. The Balaban J connectivity index is 1.43. The molecule has 4 rings (SSSR count). The lowest BCUT2D eigenvalue weighted by Gasteiger charge is -2.20. The van der Waals surface area contributed by atoms with Crippen LogP contribution in [0, 0.1) is 0 Å². The van der Waals surface area contributed by atoms with E-state index in [-0.39, 0.29) is 23.6 Å². The smallest absolute Gasteiger partial charge is 0.257 e. The van der Waals surface area contributed by atoms with E-state index in [1.165, 1.54) is 35.5 Å². The molecule has 33 heavy (non-hydrogen) atoms. The van der Waals surface area contributed by atoms with E-state index < -0.39 is 0 Å². The second-order valence-corrected chi connectivity index (χ2v) is 9.12. The van der Waals surface area contributed by atoms with Gasteiger partial charge in [-0.2, -0.15) is 0 Å². The van der Waals surface area contributed by atoms with Crippen molar-refractivity contribution in [2.75, 3.05) is 26.0 Å². The average molecular weight is 467 g/mol. The predicted octanol–water partition coefficient (Wildman–Crippen LogP) is 3.59. The largest absolute Gasteiger partial charge is 0.504 e. The number of aromatic nitrogens is 1. The predicted molar refractivity (Wildman–Crippen MR) is 127 cm³/mol. The maximum absolute atomic E-state index is 12.8. The Morgan fingerprint density at radius 1 is 1.18 bits per heavy atom. The highest BCUT2D eigenvalue weighted by Crippen LogP contribution is 2.29. The van der Waals surface area contributed by atoms with Crippen LogP contribution in [-0.4, -0.2) is 47.5 Å². The Morgan fingerprint density at radius 3 is 2.73 bits per heavy atom. The van der Waals surface area contributed by atoms with Crippen molar-refractivity contribution in [1.82, 2.24) is 15.2 Å². The molecule has 0 bridgehead atoms. The molecule has 3 N–H and O–H groups in total. The lowest BCUT2D eigenvalue weighted by atomic mass is 10.0. The van der Waals surface area contributed by atoms with Crippen LogP contribution in [0.1, 0.15) is 49.8 Å². The molecule has 2 aromatic carbocycles. The molecule has 0 radical (unpaired) electrons. The summed E-state index contributed by atoms with van der Waals surface area (Å²) in [5, 5.41) is 16.3. The number of thiazole rings is 1. The summed E-state index contributed by atoms with van der Waals surface area (Å²) < 4.78 is 5.01. The standard InChI is InChI=1S/C24H26N4O4S/c1-14(25-22(30)17-7-8-20(32-3)19(29)12-17)15-5-4-6-16(11-15)23(31)27-24-26-18-9-10-28(2)13-21(18)33-24/h4-8,11-12,14,29H,9-10,13H2,1-3H3,(H,25,30)(H,26,27,31). The number of hydrogen-bond donors (Lipinski definition) is 3. The van der Waals surface area contributed by atoms with Crippen LogP contribution in [-0.2, 0) is 13.0 Å². The Hall–Kier alpha value is -3.43. The lowest BCUT2D eigenvalue weighted by molar-refractivity contribution is 0.0939. The van der Waals surface area contributed by atoms with E-state index in [0.29, 0.717) is 22.0 Å². The van der Waals surface area contributed by atoms with Gasteiger partial charge >= 0.3 is 0 Å². The number of phenols is 1. The number of rotatable bonds is 6. The van der Waals surface area contributed by atoms with Gasteiger partial charge in [-0.1, -0.05) is 12.1 Å². The number of nitrogens with one attached hydrogen (secondary N) is 2. The molecule has 1 unspecified atom stereocenters. The fourth-order valence-electron chi connectivity index (χ4n) is 3.69. The molecular formula is C24H26N4O4S. The number of phenolic OH excluding ortho intramolecular Hbond substituents is 1. The maximum Gasteiger partial charge on any atom is 0.257 e. The first-order valence-corrected chi connectivity index (χ1v) is 11.4. The van der Waals surface area contributed by atoms with E-state index >= 15 is 0 Å². The van der Waals surface area contributed by atoms with Gasteiger partial charge in [0.15, 0.2) is 16.6 Å². The van der Waals surface area contributed by atoms with Crippen molar-refractivity contribution in [3.05, 3.63) is 69.7 Å². The van der Waals surface area contributed by atoms with E-state index in [0.717, 1.165) is 30.8 Å². The van der Waals surface area contributed by atoms with Crippen molar-refractivity contribution in [1.29, 1.82) is 0 Å². The van der Waals surface area contributed by atoms with Gasteiger partial charge in [-0.15, -0.1) is 11.3 Å². The molecule has 1 aromatic heterocycles. The number of ether oxygens (including phenoxy) is 1. The van der Waals surface area contributed by atoms with Crippen LogP contribution in [0.2, 0.25) is 0 Å². The van der Waals surface area contributed by atoms with Gasteiger partial charge in [0.05, 0.1) is 18.8 Å². The highest BCUT2D eigenvalue weighted by atomic mass is 32.1. The fourth-order valence-corrected chi connectivity index (χ4v) is 4.77. The second-order valence-electron chi connectivity index (χ2n) is 8.04. The monoisotopic (exact) mass is 466 g/mol. The van der Waals surface area contributed by atoms with E-state index in [1.54, 1.807) is 24.3 Å². The molecule has 2 heterocycles. The Kier molecular flexibility index (Phi) is 6.62. The van der Waals surface area contributed by atoms with E-state index in [4.69, 9.17) is 4.74 Å². The number of amides is 2. The molecule has 9 heteroatoms. The van der Waals surface area contributed by atoms with Crippen LogP contribution >= 0.6 is 11.3 Å². The van der Waals surface area contributed by atoms with Crippen molar-refractivity contribution in [3.63, 3.8) is 0 Å². The van der Waals surface area contributed by atoms with Crippen molar-refractivity contribution in [2.24, 2.45) is 0 Å². The van der Waals surface area contributed by atoms with Gasteiger partial charge in [-0.25, -0.2) is 4.98 Å². The first-order valence-electron chi connectivity index (χ1n) is 10.6. The molecular weight excluding hydrogens is 440 g/mol. The molecule has 1 atom stereocenters.